The number of thioether (sulfide) groups is 1. The molecule has 172 valence electrons. The molecule has 2 saturated carbocycles. The Morgan fingerprint density at radius 2 is 1.97 bits per heavy atom. The molecule has 5 rings (SSSR count). The normalized spacial score (nSPS) is 25.7. The minimum absolute atomic E-state index is 0.102. The first kappa shape index (κ1) is 22.3. The Balaban J connectivity index is 1.34. The van der Waals surface area contributed by atoms with E-state index in [1.165, 1.54) is 17.8 Å². The number of aryl methyl sites for hydroxylation is 1. The van der Waals surface area contributed by atoms with Crippen molar-refractivity contribution in [3.8, 4) is 0 Å². The van der Waals surface area contributed by atoms with Gasteiger partial charge in [0.05, 0.1) is 11.1 Å². The van der Waals surface area contributed by atoms with Crippen molar-refractivity contribution < 1.29 is 23.1 Å². The first-order chi connectivity index (χ1) is 15.7. The summed E-state index contributed by atoms with van der Waals surface area (Å²) in [6, 6.07) is 6.11. The second-order valence-electron chi connectivity index (χ2n) is 8.48. The number of nitrogens with zero attached hydrogens (tertiary/aromatic N) is 2. The molecule has 2 aromatic carbocycles. The van der Waals surface area contributed by atoms with Gasteiger partial charge in [-0.25, -0.2) is 18.2 Å². The number of hydrogen-bond donors (Lipinski definition) is 2. The van der Waals surface area contributed by atoms with Crippen LogP contribution in [-0.4, -0.2) is 31.9 Å². The van der Waals surface area contributed by atoms with E-state index in [4.69, 9.17) is 11.6 Å². The summed E-state index contributed by atoms with van der Waals surface area (Å²) in [6.07, 6.45) is 4.71. The van der Waals surface area contributed by atoms with Crippen LogP contribution in [-0.2, 0) is 7.05 Å². The van der Waals surface area contributed by atoms with Gasteiger partial charge in [-0.2, -0.15) is 0 Å². The molecule has 4 atom stereocenters. The fraction of sp³-hybridized carbons (Fsp3) is 0.304. The van der Waals surface area contributed by atoms with E-state index in [9.17, 15) is 23.1 Å². The predicted octanol–water partition coefficient (Wildman–Crippen LogP) is 5.14. The molecule has 33 heavy (non-hydrogen) atoms. The fourth-order valence-electron chi connectivity index (χ4n) is 4.65. The van der Waals surface area contributed by atoms with Crippen molar-refractivity contribution in [2.24, 2.45) is 12.5 Å². The largest absolute Gasteiger partial charge is 0.392 e. The zero-order valence-corrected chi connectivity index (χ0v) is 18.9. The van der Waals surface area contributed by atoms with Crippen molar-refractivity contribution in [2.45, 2.75) is 35.0 Å². The van der Waals surface area contributed by atoms with Crippen LogP contribution in [0.4, 0.5) is 18.9 Å². The lowest BCUT2D eigenvalue weighted by Gasteiger charge is -2.45. The molecule has 0 bridgehead atoms. The molecule has 1 amide bonds. The van der Waals surface area contributed by atoms with Crippen LogP contribution in [0.2, 0.25) is 5.02 Å². The van der Waals surface area contributed by atoms with Crippen molar-refractivity contribution in [1.29, 1.82) is 0 Å². The number of imidazole rings is 1. The van der Waals surface area contributed by atoms with Crippen molar-refractivity contribution in [1.82, 2.24) is 9.55 Å². The number of amides is 1. The zero-order chi connectivity index (χ0) is 23.5. The highest BCUT2D eigenvalue weighted by atomic mass is 35.5. The number of halogens is 4. The number of aliphatic hydroxyl groups is 1. The van der Waals surface area contributed by atoms with E-state index in [1.54, 1.807) is 18.3 Å². The van der Waals surface area contributed by atoms with Crippen molar-refractivity contribution in [3.05, 3.63) is 76.6 Å². The van der Waals surface area contributed by atoms with Gasteiger partial charge in [0.25, 0.3) is 5.91 Å². The average Bonchev–Trinajstić information content (AvgIpc) is 3.33. The Hall–Kier alpha value is -2.49. The summed E-state index contributed by atoms with van der Waals surface area (Å²) in [7, 11) is 1.93. The van der Waals surface area contributed by atoms with E-state index >= 15 is 0 Å². The molecule has 2 N–H and O–H groups in total. The maximum atomic E-state index is 13.5. The van der Waals surface area contributed by atoms with Gasteiger partial charge in [-0.3, -0.25) is 4.79 Å². The number of aromatic nitrogens is 2. The van der Waals surface area contributed by atoms with Crippen LogP contribution in [0.1, 0.15) is 34.9 Å². The number of aliphatic hydroxyl groups excluding tert-OH is 1. The van der Waals surface area contributed by atoms with Gasteiger partial charge in [0, 0.05) is 64.3 Å². The predicted molar refractivity (Wildman–Crippen MR) is 119 cm³/mol. The standard InChI is InChI=1S/C23H19ClF3N3O2S/c1-30-5-4-28-21(30)13-9-19(23(13)10-18(23)31)33-17-6-11(2-3-14(17)24)22(32)29-12-7-15(25)20(27)16(26)8-12/h2-8,13,18-19,31H,9-10H2,1H3,(H,29,32). The second kappa shape index (κ2) is 8.07. The highest BCUT2D eigenvalue weighted by Crippen LogP contribution is 2.72. The van der Waals surface area contributed by atoms with Crippen LogP contribution in [0.5, 0.6) is 0 Å². The molecule has 0 radical (unpaired) electrons. The minimum Gasteiger partial charge on any atom is -0.392 e. The Bertz CT molecular complexity index is 1250. The maximum Gasteiger partial charge on any atom is 0.255 e. The van der Waals surface area contributed by atoms with E-state index < -0.39 is 29.5 Å². The van der Waals surface area contributed by atoms with Crippen LogP contribution in [0.25, 0.3) is 0 Å². The molecular weight excluding hydrogens is 475 g/mol. The van der Waals surface area contributed by atoms with E-state index in [-0.39, 0.29) is 27.8 Å². The second-order valence-corrected chi connectivity index (χ2v) is 10.1. The number of carbonyl (C=O) groups excluding carboxylic acids is 1. The monoisotopic (exact) mass is 493 g/mol. The van der Waals surface area contributed by atoms with Gasteiger partial charge in [0.15, 0.2) is 17.5 Å². The molecule has 0 aliphatic heterocycles. The van der Waals surface area contributed by atoms with E-state index in [2.05, 4.69) is 10.3 Å². The van der Waals surface area contributed by atoms with Crippen LogP contribution < -0.4 is 5.32 Å². The van der Waals surface area contributed by atoms with E-state index in [0.717, 1.165) is 12.2 Å². The smallest absolute Gasteiger partial charge is 0.255 e. The van der Waals surface area contributed by atoms with E-state index in [1.807, 2.05) is 17.8 Å². The number of benzene rings is 2. The quantitative estimate of drug-likeness (QED) is 0.483. The Morgan fingerprint density at radius 1 is 1.27 bits per heavy atom. The molecule has 1 spiro atoms. The van der Waals surface area contributed by atoms with Crippen molar-refractivity contribution in [2.75, 3.05) is 5.32 Å². The lowest BCUT2D eigenvalue weighted by atomic mass is 9.68. The Morgan fingerprint density at radius 3 is 2.58 bits per heavy atom. The lowest BCUT2D eigenvalue weighted by Crippen LogP contribution is -2.43. The molecule has 4 unspecified atom stereocenters. The van der Waals surface area contributed by atoms with Crippen molar-refractivity contribution >= 4 is 35.0 Å². The fourth-order valence-corrected chi connectivity index (χ4v) is 6.51. The third-order valence-corrected chi connectivity index (χ3v) is 8.53. The van der Waals surface area contributed by atoms with Gasteiger partial charge in [-0.1, -0.05) is 11.6 Å². The number of anilines is 1. The molecule has 1 aromatic heterocycles. The van der Waals surface area contributed by atoms with Gasteiger partial charge in [0.2, 0.25) is 0 Å². The van der Waals surface area contributed by atoms with Crippen LogP contribution in [0.3, 0.4) is 0 Å². The highest BCUT2D eigenvalue weighted by molar-refractivity contribution is 8.00. The number of hydrogen-bond acceptors (Lipinski definition) is 4. The number of nitrogens with one attached hydrogen (secondary N) is 1. The SMILES string of the molecule is Cn1ccnc1C1CC(Sc2cc(C(=O)Nc3cc(F)c(F)c(F)c3)ccc2Cl)C12CC2O. The molecule has 2 aliphatic carbocycles. The molecule has 1 heterocycles. The van der Waals surface area contributed by atoms with Gasteiger partial charge >= 0.3 is 0 Å². The minimum atomic E-state index is -1.60. The first-order valence-electron chi connectivity index (χ1n) is 10.3. The summed E-state index contributed by atoms with van der Waals surface area (Å²) in [5.41, 5.74) is -0.232. The topological polar surface area (TPSA) is 67.2 Å². The summed E-state index contributed by atoms with van der Waals surface area (Å²) in [6.45, 7) is 0. The molecule has 3 aromatic rings. The summed E-state index contributed by atoms with van der Waals surface area (Å²) in [5.74, 6) is -3.89. The highest BCUT2D eigenvalue weighted by Gasteiger charge is 2.71. The van der Waals surface area contributed by atoms with Gasteiger partial charge in [0.1, 0.15) is 5.82 Å². The summed E-state index contributed by atoms with van der Waals surface area (Å²) in [5, 5.41) is 13.4. The summed E-state index contributed by atoms with van der Waals surface area (Å²) < 4.78 is 42.0. The third kappa shape index (κ3) is 3.72. The molecule has 2 aliphatic rings. The maximum absolute atomic E-state index is 13.5. The van der Waals surface area contributed by atoms with Crippen molar-refractivity contribution in [3.63, 3.8) is 0 Å². The third-order valence-electron chi connectivity index (χ3n) is 6.58. The first-order valence-corrected chi connectivity index (χ1v) is 11.5. The van der Waals surface area contributed by atoms with Gasteiger partial charge < -0.3 is 15.0 Å². The van der Waals surface area contributed by atoms with Crippen LogP contribution in [0.15, 0.2) is 47.6 Å². The molecule has 2 fully saturated rings. The zero-order valence-electron chi connectivity index (χ0n) is 17.4. The Kier molecular flexibility index (Phi) is 5.46. The van der Waals surface area contributed by atoms with Gasteiger partial charge in [-0.05, 0) is 31.0 Å². The lowest BCUT2D eigenvalue weighted by molar-refractivity contribution is 0.102. The molecular formula is C23H19ClF3N3O2S. The average molecular weight is 494 g/mol. The van der Waals surface area contributed by atoms with Crippen LogP contribution in [0, 0.1) is 22.9 Å². The summed E-state index contributed by atoms with van der Waals surface area (Å²) in [4.78, 5) is 17.8. The Labute approximate surface area is 197 Å². The number of rotatable bonds is 5. The molecule has 0 saturated heterocycles. The van der Waals surface area contributed by atoms with E-state index in [0.29, 0.717) is 28.5 Å². The molecule has 10 heteroatoms. The molecule has 5 nitrogen and oxygen atoms in total. The van der Waals surface area contributed by atoms with Gasteiger partial charge in [-0.15, -0.1) is 11.8 Å². The summed E-state index contributed by atoms with van der Waals surface area (Å²) >= 11 is 7.89. The number of carbonyl (C=O) groups is 1. The van der Waals surface area contributed by atoms with Crippen LogP contribution >= 0.6 is 23.4 Å².